The molecule has 2 nitrogen and oxygen atoms in total. The fourth-order valence-corrected chi connectivity index (χ4v) is 0. The molecule has 0 unspecified atom stereocenters. The van der Waals surface area contributed by atoms with Gasteiger partial charge >= 0.3 is 0 Å². The van der Waals surface area contributed by atoms with Crippen LogP contribution in [0, 0.1) is 0 Å². The molecular weight excluding hydrogens is 95.1 g/mol. The third-order valence-corrected chi connectivity index (χ3v) is 0. The molecule has 0 atom stereocenters. The second-order valence-electron chi connectivity index (χ2n) is 2.68. The van der Waals surface area contributed by atoms with E-state index in [1.807, 2.05) is 0 Å². The summed E-state index contributed by atoms with van der Waals surface area (Å²) in [6, 6.07) is 0. The lowest BCUT2D eigenvalue weighted by Gasteiger charge is -2.14. The van der Waals surface area contributed by atoms with Gasteiger partial charge in [0, 0.05) is 0 Å². The predicted octanol–water partition coefficient (Wildman–Crippen LogP) is 0.637. The Morgan fingerprint density at radius 2 is 0.857 bits per heavy atom. The fourth-order valence-electron chi connectivity index (χ4n) is 0. The predicted molar refractivity (Wildman–Crippen MR) is 31.5 cm³/mol. The van der Waals surface area contributed by atoms with Crippen LogP contribution < -0.4 is 6.15 Å². The minimum atomic E-state index is 0. The first-order valence-electron chi connectivity index (χ1n) is 1.79. The molecule has 0 aromatic rings. The summed E-state index contributed by atoms with van der Waals surface area (Å²) in [4.78, 5) is 0. The van der Waals surface area contributed by atoms with Crippen LogP contribution in [0.2, 0.25) is 0 Å². The molecule has 0 saturated heterocycles. The van der Waals surface area contributed by atoms with Gasteiger partial charge in [0.15, 0.2) is 0 Å². The SMILES string of the molecule is C[N+](C)(C)C.F.N. The third-order valence-electron chi connectivity index (χ3n) is 0. The maximum Gasteiger partial charge on any atom is 0.0675 e. The minimum Gasteiger partial charge on any atom is -0.344 e. The van der Waals surface area contributed by atoms with Gasteiger partial charge in [-0.1, -0.05) is 0 Å². The molecule has 0 rings (SSSR count). The Hall–Kier alpha value is -0.150. The molecule has 0 aliphatic carbocycles. The molecule has 0 aromatic heterocycles. The van der Waals surface area contributed by atoms with E-state index in [1.165, 1.54) is 0 Å². The largest absolute Gasteiger partial charge is 0.344 e. The van der Waals surface area contributed by atoms with Crippen LogP contribution in [0.5, 0.6) is 0 Å². The highest BCUT2D eigenvalue weighted by molar-refractivity contribution is 3.87. The van der Waals surface area contributed by atoms with E-state index in [9.17, 15) is 0 Å². The van der Waals surface area contributed by atoms with E-state index in [0.29, 0.717) is 0 Å². The van der Waals surface area contributed by atoms with Crippen molar-refractivity contribution in [2.75, 3.05) is 28.2 Å². The van der Waals surface area contributed by atoms with Crippen LogP contribution in [0.25, 0.3) is 0 Å². The molecule has 0 amide bonds. The highest BCUT2D eigenvalue weighted by Crippen LogP contribution is 1.73. The zero-order chi connectivity index (χ0) is 4.50. The number of hydrogen-bond acceptors (Lipinski definition) is 1. The first kappa shape index (κ1) is 15.8. The molecule has 0 radical (unpaired) electrons. The van der Waals surface area contributed by atoms with E-state index in [2.05, 4.69) is 28.2 Å². The summed E-state index contributed by atoms with van der Waals surface area (Å²) < 4.78 is 1.00. The lowest BCUT2D eigenvalue weighted by atomic mass is 10.8. The van der Waals surface area contributed by atoms with E-state index in [-0.39, 0.29) is 10.9 Å². The molecule has 48 valence electrons. The first-order valence-corrected chi connectivity index (χ1v) is 1.79. The quantitative estimate of drug-likeness (QED) is 0.457. The van der Waals surface area contributed by atoms with E-state index in [1.54, 1.807) is 0 Å². The molecule has 0 bridgehead atoms. The zero-order valence-electron chi connectivity index (χ0n) is 5.56. The standard InChI is InChI=1S/C4H12N.FH.H3N/c1-5(2,3)4;;/h1-4H3;1H;1H3/q+1;;. The third kappa shape index (κ3) is 3850. The van der Waals surface area contributed by atoms with Crippen molar-refractivity contribution in [3.63, 3.8) is 0 Å². The summed E-state index contributed by atoms with van der Waals surface area (Å²) in [6.07, 6.45) is 0. The van der Waals surface area contributed by atoms with Gasteiger partial charge in [-0.3, -0.25) is 4.70 Å². The van der Waals surface area contributed by atoms with Crippen molar-refractivity contribution in [1.82, 2.24) is 6.15 Å². The molecule has 3 heteroatoms. The Bertz CT molecular complexity index is 25.2. The number of hydrogen-bond donors (Lipinski definition) is 1. The summed E-state index contributed by atoms with van der Waals surface area (Å²) in [5, 5.41) is 0. The first-order chi connectivity index (χ1) is 2.00. The van der Waals surface area contributed by atoms with Gasteiger partial charge in [-0.2, -0.15) is 0 Å². The molecule has 0 aliphatic heterocycles. The average molecular weight is 111 g/mol. The smallest absolute Gasteiger partial charge is 0.0675 e. The van der Waals surface area contributed by atoms with Crippen LogP contribution in [0.4, 0.5) is 4.70 Å². The Kier molecular flexibility index (Phi) is 9.08. The van der Waals surface area contributed by atoms with E-state index >= 15 is 0 Å². The van der Waals surface area contributed by atoms with Crippen molar-refractivity contribution >= 4 is 0 Å². The second-order valence-corrected chi connectivity index (χ2v) is 2.68. The molecule has 0 heterocycles. The molecular formula is C4H16FN2+. The van der Waals surface area contributed by atoms with Gasteiger partial charge < -0.3 is 10.6 Å². The van der Waals surface area contributed by atoms with Crippen molar-refractivity contribution in [3.8, 4) is 0 Å². The highest BCUT2D eigenvalue weighted by atomic mass is 19.0. The Morgan fingerprint density at radius 3 is 0.857 bits per heavy atom. The average Bonchev–Trinajstić information content (AvgIpc) is 0.722. The van der Waals surface area contributed by atoms with Crippen molar-refractivity contribution in [3.05, 3.63) is 0 Å². The molecule has 0 aliphatic rings. The Balaban J connectivity index is -0.0000000800. The van der Waals surface area contributed by atoms with Crippen LogP contribution >= 0.6 is 0 Å². The normalized spacial score (nSPS) is 8.57. The van der Waals surface area contributed by atoms with Crippen LogP contribution in [0.3, 0.4) is 0 Å². The van der Waals surface area contributed by atoms with Crippen molar-refractivity contribution in [2.24, 2.45) is 0 Å². The van der Waals surface area contributed by atoms with Crippen molar-refractivity contribution in [1.29, 1.82) is 0 Å². The number of rotatable bonds is 0. The molecule has 7 heavy (non-hydrogen) atoms. The van der Waals surface area contributed by atoms with E-state index < -0.39 is 0 Å². The molecule has 0 aromatic carbocycles. The molecule has 3 N–H and O–H groups in total. The van der Waals surface area contributed by atoms with Gasteiger partial charge in [-0.25, -0.2) is 0 Å². The van der Waals surface area contributed by atoms with Crippen LogP contribution in [-0.2, 0) is 0 Å². The van der Waals surface area contributed by atoms with E-state index in [0.717, 1.165) is 4.48 Å². The van der Waals surface area contributed by atoms with Crippen molar-refractivity contribution in [2.45, 2.75) is 0 Å². The van der Waals surface area contributed by atoms with Crippen LogP contribution in [-0.4, -0.2) is 32.7 Å². The summed E-state index contributed by atoms with van der Waals surface area (Å²) in [6.45, 7) is 0. The molecule has 0 saturated carbocycles. The number of quaternary nitrogens is 1. The zero-order valence-corrected chi connectivity index (χ0v) is 5.56. The Labute approximate surface area is 44.7 Å². The molecule has 0 fully saturated rings. The lowest BCUT2D eigenvalue weighted by Crippen LogP contribution is -2.27. The lowest BCUT2D eigenvalue weighted by molar-refractivity contribution is -0.849. The maximum atomic E-state index is 2.12. The topological polar surface area (TPSA) is 35.0 Å². The summed E-state index contributed by atoms with van der Waals surface area (Å²) >= 11 is 0. The summed E-state index contributed by atoms with van der Waals surface area (Å²) in [5.74, 6) is 0. The summed E-state index contributed by atoms with van der Waals surface area (Å²) in [5.41, 5.74) is 0. The number of halogens is 1. The minimum absolute atomic E-state index is 0. The summed E-state index contributed by atoms with van der Waals surface area (Å²) in [7, 11) is 8.50. The van der Waals surface area contributed by atoms with Gasteiger partial charge in [0.05, 0.1) is 28.2 Å². The van der Waals surface area contributed by atoms with Crippen LogP contribution in [0.15, 0.2) is 0 Å². The van der Waals surface area contributed by atoms with Crippen LogP contribution in [0.1, 0.15) is 0 Å². The Morgan fingerprint density at radius 1 is 0.857 bits per heavy atom. The maximum absolute atomic E-state index is 2.12. The highest BCUT2D eigenvalue weighted by Gasteiger charge is 1.88. The van der Waals surface area contributed by atoms with Gasteiger partial charge in [-0.15, -0.1) is 0 Å². The fraction of sp³-hybridized carbons (Fsp3) is 1.00. The van der Waals surface area contributed by atoms with Gasteiger partial charge in [0.1, 0.15) is 0 Å². The van der Waals surface area contributed by atoms with Gasteiger partial charge in [-0.05, 0) is 0 Å². The van der Waals surface area contributed by atoms with Gasteiger partial charge in [0.2, 0.25) is 0 Å². The van der Waals surface area contributed by atoms with Gasteiger partial charge in [0.25, 0.3) is 0 Å². The van der Waals surface area contributed by atoms with E-state index in [4.69, 9.17) is 0 Å². The number of nitrogens with zero attached hydrogens (tertiary/aromatic N) is 1. The van der Waals surface area contributed by atoms with Crippen molar-refractivity contribution < 1.29 is 9.19 Å². The monoisotopic (exact) mass is 111 g/mol. The second kappa shape index (κ2) is 4.02. The molecule has 0 spiro atoms.